The number of anilines is 1. The summed E-state index contributed by atoms with van der Waals surface area (Å²) in [5.74, 6) is -1.68. The maximum absolute atomic E-state index is 13.8. The molecule has 19 heavy (non-hydrogen) atoms. The lowest BCUT2D eigenvalue weighted by Crippen LogP contribution is -2.11. The van der Waals surface area contributed by atoms with E-state index >= 15 is 0 Å². The Kier molecular flexibility index (Phi) is 2.66. The second-order valence-electron chi connectivity index (χ2n) is 4.12. The van der Waals surface area contributed by atoms with E-state index in [-0.39, 0.29) is 11.5 Å². The maximum atomic E-state index is 13.8. The van der Waals surface area contributed by atoms with Crippen LogP contribution in [0.3, 0.4) is 0 Å². The second kappa shape index (κ2) is 4.34. The van der Waals surface area contributed by atoms with Gasteiger partial charge in [0.2, 0.25) is 5.95 Å². The molecule has 0 saturated carbocycles. The van der Waals surface area contributed by atoms with E-state index in [1.807, 2.05) is 0 Å². The van der Waals surface area contributed by atoms with Crippen molar-refractivity contribution in [2.45, 2.75) is 13.1 Å². The molecule has 3 aromatic rings. The number of halogens is 2. The number of nitrogens with zero attached hydrogens (tertiary/aromatic N) is 4. The number of fused-ring (bicyclic) bond motifs is 1. The van der Waals surface area contributed by atoms with Gasteiger partial charge < -0.3 is 10.3 Å². The molecule has 0 amide bonds. The van der Waals surface area contributed by atoms with Gasteiger partial charge in [0.25, 0.3) is 0 Å². The molecule has 0 aliphatic carbocycles. The van der Waals surface area contributed by atoms with Crippen LogP contribution in [0.2, 0.25) is 0 Å². The van der Waals surface area contributed by atoms with Crippen LogP contribution in [-0.2, 0) is 13.1 Å². The number of nitrogen functional groups attached to an aromatic ring is 1. The van der Waals surface area contributed by atoms with E-state index < -0.39 is 11.6 Å². The largest absolute Gasteiger partial charge is 0.369 e. The van der Waals surface area contributed by atoms with Crippen LogP contribution in [0.25, 0.3) is 11.0 Å². The molecule has 2 aromatic heterocycles. The van der Waals surface area contributed by atoms with Crippen molar-refractivity contribution in [2.75, 3.05) is 5.73 Å². The van der Waals surface area contributed by atoms with Crippen LogP contribution in [0.4, 0.5) is 14.7 Å². The monoisotopic (exact) mass is 263 g/mol. The first-order chi connectivity index (χ1) is 9.16. The fourth-order valence-corrected chi connectivity index (χ4v) is 2.04. The standard InChI is InChI=1S/C12H11F2N5/c13-8-2-3-9-11(10(8)14)19(12(15)17-9)7-6-18-5-1-4-16-18/h1-5H,6-7H2,(H2,15,17). The summed E-state index contributed by atoms with van der Waals surface area (Å²) in [6.45, 7) is 0.864. The SMILES string of the molecule is Nc1nc2ccc(F)c(F)c2n1CCn1cccn1. The Labute approximate surface area is 107 Å². The first-order valence-corrected chi connectivity index (χ1v) is 5.74. The molecule has 0 bridgehead atoms. The fourth-order valence-electron chi connectivity index (χ4n) is 2.04. The number of hydrogen-bond donors (Lipinski definition) is 1. The minimum atomic E-state index is -0.929. The quantitative estimate of drug-likeness (QED) is 0.783. The third-order valence-corrected chi connectivity index (χ3v) is 2.94. The van der Waals surface area contributed by atoms with Crippen LogP contribution in [0.5, 0.6) is 0 Å². The Morgan fingerprint density at radius 1 is 1.21 bits per heavy atom. The second-order valence-corrected chi connectivity index (χ2v) is 4.12. The number of aromatic nitrogens is 4. The number of imidazole rings is 1. The molecule has 0 aliphatic heterocycles. The zero-order chi connectivity index (χ0) is 13.4. The van der Waals surface area contributed by atoms with E-state index in [4.69, 9.17) is 5.73 Å². The molecule has 98 valence electrons. The first kappa shape index (κ1) is 11.6. The molecule has 2 heterocycles. The average Bonchev–Trinajstić information content (AvgIpc) is 2.99. The van der Waals surface area contributed by atoms with Crippen LogP contribution in [0.1, 0.15) is 0 Å². The summed E-state index contributed by atoms with van der Waals surface area (Å²) in [7, 11) is 0. The molecule has 3 rings (SSSR count). The number of rotatable bonds is 3. The molecule has 0 radical (unpaired) electrons. The van der Waals surface area contributed by atoms with Crippen LogP contribution >= 0.6 is 0 Å². The van der Waals surface area contributed by atoms with Crippen LogP contribution in [0.15, 0.2) is 30.6 Å². The predicted octanol–water partition coefficient (Wildman–Crippen LogP) is 1.79. The minimum absolute atomic E-state index is 0.0876. The zero-order valence-corrected chi connectivity index (χ0v) is 9.92. The molecular weight excluding hydrogens is 252 g/mol. The third-order valence-electron chi connectivity index (χ3n) is 2.94. The van der Waals surface area contributed by atoms with Gasteiger partial charge in [0.05, 0.1) is 12.1 Å². The van der Waals surface area contributed by atoms with Gasteiger partial charge in [0.1, 0.15) is 5.52 Å². The normalized spacial score (nSPS) is 11.3. The van der Waals surface area contributed by atoms with Crippen molar-refractivity contribution < 1.29 is 8.78 Å². The van der Waals surface area contributed by atoms with Gasteiger partial charge >= 0.3 is 0 Å². The van der Waals surface area contributed by atoms with Crippen LogP contribution in [-0.4, -0.2) is 19.3 Å². The van der Waals surface area contributed by atoms with Crippen molar-refractivity contribution in [3.05, 3.63) is 42.2 Å². The van der Waals surface area contributed by atoms with Crippen molar-refractivity contribution >= 4 is 17.0 Å². The highest BCUT2D eigenvalue weighted by molar-refractivity contribution is 5.79. The number of hydrogen-bond acceptors (Lipinski definition) is 3. The van der Waals surface area contributed by atoms with Crippen LogP contribution < -0.4 is 5.73 Å². The van der Waals surface area contributed by atoms with Gasteiger partial charge in [-0.25, -0.2) is 13.8 Å². The number of benzene rings is 1. The van der Waals surface area contributed by atoms with Crippen molar-refractivity contribution in [3.63, 3.8) is 0 Å². The molecule has 0 fully saturated rings. The molecule has 7 heteroatoms. The van der Waals surface area contributed by atoms with Gasteiger partial charge in [-0.1, -0.05) is 0 Å². The summed E-state index contributed by atoms with van der Waals surface area (Å²) >= 11 is 0. The van der Waals surface area contributed by atoms with Gasteiger partial charge in [-0.15, -0.1) is 0 Å². The maximum Gasteiger partial charge on any atom is 0.201 e. The number of aryl methyl sites for hydroxylation is 2. The molecule has 2 N–H and O–H groups in total. The Morgan fingerprint density at radius 3 is 2.79 bits per heavy atom. The van der Waals surface area contributed by atoms with Crippen molar-refractivity contribution in [2.24, 2.45) is 0 Å². The van der Waals surface area contributed by atoms with E-state index in [1.165, 1.54) is 10.6 Å². The molecule has 0 unspecified atom stereocenters. The van der Waals surface area contributed by atoms with Crippen molar-refractivity contribution in [3.8, 4) is 0 Å². The van der Waals surface area contributed by atoms with E-state index in [0.29, 0.717) is 18.6 Å². The summed E-state index contributed by atoms with van der Waals surface area (Å²) in [4.78, 5) is 4.02. The molecule has 0 saturated heterocycles. The predicted molar refractivity (Wildman–Crippen MR) is 66.3 cm³/mol. The highest BCUT2D eigenvalue weighted by Crippen LogP contribution is 2.23. The summed E-state index contributed by atoms with van der Waals surface area (Å²) in [6, 6.07) is 4.24. The van der Waals surface area contributed by atoms with Gasteiger partial charge in [-0.05, 0) is 18.2 Å². The topological polar surface area (TPSA) is 61.7 Å². The molecule has 0 atom stereocenters. The molecule has 5 nitrogen and oxygen atoms in total. The zero-order valence-electron chi connectivity index (χ0n) is 9.92. The Bertz CT molecular complexity index is 717. The summed E-state index contributed by atoms with van der Waals surface area (Å²) in [5, 5.41) is 4.04. The van der Waals surface area contributed by atoms with Gasteiger partial charge in [0.15, 0.2) is 11.6 Å². The van der Waals surface area contributed by atoms with Gasteiger partial charge in [-0.3, -0.25) is 4.68 Å². The van der Waals surface area contributed by atoms with Gasteiger partial charge in [-0.2, -0.15) is 5.10 Å². The molecule has 0 aliphatic rings. The molecular formula is C12H11F2N5. The van der Waals surface area contributed by atoms with Crippen molar-refractivity contribution in [1.82, 2.24) is 19.3 Å². The minimum Gasteiger partial charge on any atom is -0.369 e. The van der Waals surface area contributed by atoms with E-state index in [1.54, 1.807) is 23.1 Å². The number of nitrogens with two attached hydrogens (primary N) is 1. The molecule has 0 spiro atoms. The third kappa shape index (κ3) is 1.92. The summed E-state index contributed by atoms with van der Waals surface area (Å²) in [6.07, 6.45) is 3.43. The summed E-state index contributed by atoms with van der Waals surface area (Å²) < 4.78 is 30.2. The highest BCUT2D eigenvalue weighted by Gasteiger charge is 2.15. The Morgan fingerprint density at radius 2 is 2.05 bits per heavy atom. The van der Waals surface area contributed by atoms with E-state index in [9.17, 15) is 8.78 Å². The lowest BCUT2D eigenvalue weighted by molar-refractivity contribution is 0.503. The Balaban J connectivity index is 2.02. The molecule has 1 aromatic carbocycles. The van der Waals surface area contributed by atoms with E-state index in [2.05, 4.69) is 10.1 Å². The Hall–Kier alpha value is -2.44. The van der Waals surface area contributed by atoms with Crippen LogP contribution in [0, 0.1) is 11.6 Å². The lowest BCUT2D eigenvalue weighted by atomic mass is 10.3. The lowest BCUT2D eigenvalue weighted by Gasteiger charge is -2.07. The van der Waals surface area contributed by atoms with Gasteiger partial charge in [0, 0.05) is 18.9 Å². The van der Waals surface area contributed by atoms with Crippen molar-refractivity contribution in [1.29, 1.82) is 0 Å². The first-order valence-electron chi connectivity index (χ1n) is 5.74. The summed E-state index contributed by atoms with van der Waals surface area (Å²) in [5.41, 5.74) is 6.18. The fraction of sp³-hybridized carbons (Fsp3) is 0.167. The smallest absolute Gasteiger partial charge is 0.201 e. The highest BCUT2D eigenvalue weighted by atomic mass is 19.2. The van der Waals surface area contributed by atoms with E-state index in [0.717, 1.165) is 6.07 Å². The average molecular weight is 263 g/mol.